The second-order valence-electron chi connectivity index (χ2n) is 8.70. The van der Waals surface area contributed by atoms with E-state index in [1.807, 2.05) is 31.2 Å². The number of halogens is 1. The Kier molecular flexibility index (Phi) is 6.26. The lowest BCUT2D eigenvalue weighted by molar-refractivity contribution is -0.158. The molecule has 2 aliphatic rings. The zero-order chi connectivity index (χ0) is 22.8. The van der Waals surface area contributed by atoms with Crippen LogP contribution in [0.2, 0.25) is 0 Å². The number of hydrogen-bond acceptors (Lipinski definition) is 3. The van der Waals surface area contributed by atoms with Gasteiger partial charge >= 0.3 is 11.8 Å². The SMILES string of the molecule is Cc1ccc(CN2CCN(C3CCN(C(=O)c4ccc(C)c(F)c4)CC3)C(=O)C2=O)cc1. The molecule has 6 nitrogen and oxygen atoms in total. The lowest BCUT2D eigenvalue weighted by Crippen LogP contribution is -2.59. The van der Waals surface area contributed by atoms with Crippen LogP contribution < -0.4 is 0 Å². The maximum Gasteiger partial charge on any atom is 0.312 e. The van der Waals surface area contributed by atoms with Gasteiger partial charge in [-0.1, -0.05) is 35.9 Å². The van der Waals surface area contributed by atoms with Gasteiger partial charge in [0, 0.05) is 44.3 Å². The minimum Gasteiger partial charge on any atom is -0.338 e. The van der Waals surface area contributed by atoms with Crippen LogP contribution in [0.25, 0.3) is 0 Å². The van der Waals surface area contributed by atoms with E-state index in [9.17, 15) is 18.8 Å². The fraction of sp³-hybridized carbons (Fsp3) is 0.400. The number of piperazine rings is 1. The van der Waals surface area contributed by atoms with E-state index in [1.54, 1.807) is 33.8 Å². The molecule has 0 saturated carbocycles. The van der Waals surface area contributed by atoms with Crippen molar-refractivity contribution >= 4 is 17.7 Å². The van der Waals surface area contributed by atoms with Crippen molar-refractivity contribution in [2.75, 3.05) is 26.2 Å². The van der Waals surface area contributed by atoms with Crippen LogP contribution in [-0.4, -0.2) is 64.6 Å². The molecule has 4 rings (SSSR count). The summed E-state index contributed by atoms with van der Waals surface area (Å²) >= 11 is 0. The Morgan fingerprint density at radius 3 is 2.28 bits per heavy atom. The second kappa shape index (κ2) is 9.10. The molecule has 0 aliphatic carbocycles. The first-order valence-electron chi connectivity index (χ1n) is 11.0. The molecule has 0 radical (unpaired) electrons. The first-order chi connectivity index (χ1) is 15.3. The molecular weight excluding hydrogens is 409 g/mol. The summed E-state index contributed by atoms with van der Waals surface area (Å²) in [5.74, 6) is -1.52. The fourth-order valence-corrected chi connectivity index (χ4v) is 4.39. The molecule has 2 heterocycles. The Bertz CT molecular complexity index is 1030. The topological polar surface area (TPSA) is 60.9 Å². The second-order valence-corrected chi connectivity index (χ2v) is 8.70. The quantitative estimate of drug-likeness (QED) is 0.691. The van der Waals surface area contributed by atoms with Crippen LogP contribution >= 0.6 is 0 Å². The predicted molar refractivity (Wildman–Crippen MR) is 118 cm³/mol. The van der Waals surface area contributed by atoms with E-state index >= 15 is 0 Å². The van der Waals surface area contributed by atoms with Crippen molar-refractivity contribution in [3.8, 4) is 0 Å². The van der Waals surface area contributed by atoms with Crippen LogP contribution in [0.15, 0.2) is 42.5 Å². The molecule has 3 amide bonds. The van der Waals surface area contributed by atoms with Gasteiger partial charge in [-0.3, -0.25) is 14.4 Å². The average molecular weight is 438 g/mol. The van der Waals surface area contributed by atoms with Gasteiger partial charge < -0.3 is 14.7 Å². The van der Waals surface area contributed by atoms with Crippen molar-refractivity contribution in [2.45, 2.75) is 39.3 Å². The normalized spacial score (nSPS) is 17.8. The third-order valence-electron chi connectivity index (χ3n) is 6.45. The lowest BCUT2D eigenvalue weighted by atomic mass is 10.0. The number of benzene rings is 2. The van der Waals surface area contributed by atoms with Crippen molar-refractivity contribution in [3.63, 3.8) is 0 Å². The van der Waals surface area contributed by atoms with Gasteiger partial charge in [-0.15, -0.1) is 0 Å². The number of hydrogen-bond donors (Lipinski definition) is 0. The first kappa shape index (κ1) is 22.0. The Balaban J connectivity index is 1.33. The number of aryl methyl sites for hydroxylation is 2. The highest BCUT2D eigenvalue weighted by atomic mass is 19.1. The predicted octanol–water partition coefficient (Wildman–Crippen LogP) is 2.92. The van der Waals surface area contributed by atoms with Crippen molar-refractivity contribution < 1.29 is 18.8 Å². The Hall–Kier alpha value is -3.22. The van der Waals surface area contributed by atoms with Crippen LogP contribution in [0.1, 0.15) is 39.9 Å². The van der Waals surface area contributed by atoms with Gasteiger partial charge in [0.2, 0.25) is 0 Å². The van der Waals surface area contributed by atoms with Crippen LogP contribution in [0, 0.1) is 19.7 Å². The summed E-state index contributed by atoms with van der Waals surface area (Å²) in [5.41, 5.74) is 3.00. The van der Waals surface area contributed by atoms with Crippen LogP contribution in [0.5, 0.6) is 0 Å². The summed E-state index contributed by atoms with van der Waals surface area (Å²) in [6, 6.07) is 12.4. The molecule has 0 aromatic heterocycles. The van der Waals surface area contributed by atoms with Gasteiger partial charge in [-0.25, -0.2) is 4.39 Å². The average Bonchev–Trinajstić information content (AvgIpc) is 2.80. The summed E-state index contributed by atoms with van der Waals surface area (Å²) < 4.78 is 13.8. The van der Waals surface area contributed by atoms with Crippen LogP contribution in [0.3, 0.4) is 0 Å². The first-order valence-corrected chi connectivity index (χ1v) is 11.0. The highest BCUT2D eigenvalue weighted by Crippen LogP contribution is 2.22. The lowest BCUT2D eigenvalue weighted by Gasteiger charge is -2.42. The zero-order valence-corrected chi connectivity index (χ0v) is 18.5. The molecule has 7 heteroatoms. The number of amides is 3. The maximum atomic E-state index is 13.8. The summed E-state index contributed by atoms with van der Waals surface area (Å²) in [6.45, 7) is 6.05. The Morgan fingerprint density at radius 1 is 0.938 bits per heavy atom. The molecule has 2 aromatic carbocycles. The van der Waals surface area contributed by atoms with Gasteiger partial charge in [0.05, 0.1) is 0 Å². The highest BCUT2D eigenvalue weighted by molar-refractivity contribution is 6.35. The minimum absolute atomic E-state index is 0.0632. The molecule has 2 aromatic rings. The number of carbonyl (C=O) groups excluding carboxylic acids is 3. The monoisotopic (exact) mass is 437 g/mol. The third-order valence-corrected chi connectivity index (χ3v) is 6.45. The van der Waals surface area contributed by atoms with E-state index in [2.05, 4.69) is 0 Å². The number of piperidine rings is 1. The van der Waals surface area contributed by atoms with E-state index in [0.29, 0.717) is 56.7 Å². The molecule has 32 heavy (non-hydrogen) atoms. The maximum absolute atomic E-state index is 13.8. The van der Waals surface area contributed by atoms with Crippen molar-refractivity contribution in [2.24, 2.45) is 0 Å². The molecule has 2 fully saturated rings. The molecule has 2 saturated heterocycles. The van der Waals surface area contributed by atoms with Crippen LogP contribution in [0.4, 0.5) is 4.39 Å². The van der Waals surface area contributed by atoms with Gasteiger partial charge in [0.15, 0.2) is 0 Å². The van der Waals surface area contributed by atoms with Gasteiger partial charge in [-0.2, -0.15) is 0 Å². The summed E-state index contributed by atoms with van der Waals surface area (Å²) in [5, 5.41) is 0. The van der Waals surface area contributed by atoms with Gasteiger partial charge in [-0.05, 0) is 49.9 Å². The van der Waals surface area contributed by atoms with E-state index in [0.717, 1.165) is 11.1 Å². The number of rotatable bonds is 4. The largest absolute Gasteiger partial charge is 0.338 e. The van der Waals surface area contributed by atoms with E-state index in [1.165, 1.54) is 6.07 Å². The number of carbonyl (C=O) groups is 3. The summed E-state index contributed by atoms with van der Waals surface area (Å²) in [6.07, 6.45) is 1.22. The van der Waals surface area contributed by atoms with Crippen molar-refractivity contribution in [1.82, 2.24) is 14.7 Å². The van der Waals surface area contributed by atoms with E-state index in [-0.39, 0.29) is 11.9 Å². The van der Waals surface area contributed by atoms with Gasteiger partial charge in [0.1, 0.15) is 5.82 Å². The third kappa shape index (κ3) is 4.52. The van der Waals surface area contributed by atoms with E-state index < -0.39 is 17.6 Å². The molecule has 0 N–H and O–H groups in total. The minimum atomic E-state index is -0.467. The molecule has 0 unspecified atom stereocenters. The zero-order valence-electron chi connectivity index (χ0n) is 18.5. The fourth-order valence-electron chi connectivity index (χ4n) is 4.39. The van der Waals surface area contributed by atoms with E-state index in [4.69, 9.17) is 0 Å². The highest BCUT2D eigenvalue weighted by Gasteiger charge is 2.38. The number of nitrogens with zero attached hydrogens (tertiary/aromatic N) is 3. The smallest absolute Gasteiger partial charge is 0.312 e. The molecule has 168 valence electrons. The molecular formula is C25H28FN3O3. The molecule has 2 aliphatic heterocycles. The van der Waals surface area contributed by atoms with Crippen molar-refractivity contribution in [3.05, 3.63) is 70.5 Å². The summed E-state index contributed by atoms with van der Waals surface area (Å²) in [7, 11) is 0. The number of likely N-dealkylation sites (tertiary alicyclic amines) is 1. The molecule has 0 atom stereocenters. The molecule has 0 spiro atoms. The molecule has 0 bridgehead atoms. The summed E-state index contributed by atoms with van der Waals surface area (Å²) in [4.78, 5) is 43.2. The standard InChI is InChI=1S/C25H28FN3O3/c1-17-3-6-19(7-4-17)16-28-13-14-29(25(32)24(28)31)21-9-11-27(12-10-21)23(30)20-8-5-18(2)22(26)15-20/h3-8,15,21H,9-14,16H2,1-2H3. The Labute approximate surface area is 187 Å². The van der Waals surface area contributed by atoms with Crippen LogP contribution in [-0.2, 0) is 16.1 Å². The van der Waals surface area contributed by atoms with Gasteiger partial charge in [0.25, 0.3) is 5.91 Å². The van der Waals surface area contributed by atoms with Crippen molar-refractivity contribution in [1.29, 1.82) is 0 Å². The Morgan fingerprint density at radius 2 is 1.62 bits per heavy atom.